The van der Waals surface area contributed by atoms with Crippen LogP contribution in [0.3, 0.4) is 0 Å². The highest BCUT2D eigenvalue weighted by atomic mass is 32.1. The van der Waals surface area contributed by atoms with Crippen molar-refractivity contribution in [3.63, 3.8) is 0 Å². The van der Waals surface area contributed by atoms with Gasteiger partial charge in [0.1, 0.15) is 5.01 Å². The molecule has 2 fully saturated rings. The van der Waals surface area contributed by atoms with E-state index in [4.69, 9.17) is 0 Å². The van der Waals surface area contributed by atoms with Gasteiger partial charge in [0.2, 0.25) is 0 Å². The van der Waals surface area contributed by atoms with Crippen LogP contribution in [0.25, 0.3) is 0 Å². The lowest BCUT2D eigenvalue weighted by Crippen LogP contribution is -2.37. The lowest BCUT2D eigenvalue weighted by Gasteiger charge is -2.34. The van der Waals surface area contributed by atoms with Crippen LogP contribution in [0.4, 0.5) is 8.78 Å². The van der Waals surface area contributed by atoms with Crippen molar-refractivity contribution in [3.05, 3.63) is 52.0 Å². The van der Waals surface area contributed by atoms with Gasteiger partial charge in [0.25, 0.3) is 0 Å². The molecule has 1 aromatic heterocycles. The molecule has 0 amide bonds. The zero-order valence-electron chi connectivity index (χ0n) is 14.4. The summed E-state index contributed by atoms with van der Waals surface area (Å²) in [5.74, 6) is -1.45. The summed E-state index contributed by atoms with van der Waals surface area (Å²) in [5, 5.41) is 3.19. The van der Waals surface area contributed by atoms with E-state index in [0.29, 0.717) is 23.6 Å². The second kappa shape index (κ2) is 6.74. The minimum atomic E-state index is -0.753. The van der Waals surface area contributed by atoms with Crippen molar-refractivity contribution in [3.8, 4) is 0 Å². The highest BCUT2D eigenvalue weighted by Crippen LogP contribution is 2.56. The first-order chi connectivity index (χ1) is 12.1. The van der Waals surface area contributed by atoms with Gasteiger partial charge >= 0.3 is 0 Å². The van der Waals surface area contributed by atoms with Crippen LogP contribution in [0.1, 0.15) is 29.8 Å². The number of benzene rings is 1. The third-order valence-corrected chi connectivity index (χ3v) is 6.59. The monoisotopic (exact) mass is 363 g/mol. The van der Waals surface area contributed by atoms with Crippen LogP contribution in [0.15, 0.2) is 29.8 Å². The minimum Gasteiger partial charge on any atom is -0.299 e. The number of hydrogen-bond acceptors (Lipinski definition) is 4. The van der Waals surface area contributed by atoms with E-state index in [1.54, 1.807) is 23.5 Å². The molecule has 2 aromatic rings. The third-order valence-electron chi connectivity index (χ3n) is 5.82. The minimum absolute atomic E-state index is 0.420. The molecular weight excluding hydrogens is 340 g/mol. The Hall–Kier alpha value is -1.37. The van der Waals surface area contributed by atoms with Crippen LogP contribution < -0.4 is 0 Å². The first-order valence-electron chi connectivity index (χ1n) is 8.81. The summed E-state index contributed by atoms with van der Waals surface area (Å²) in [6, 6.07) is 5.08. The molecule has 2 heterocycles. The van der Waals surface area contributed by atoms with E-state index in [0.717, 1.165) is 32.5 Å². The molecule has 0 bridgehead atoms. The van der Waals surface area contributed by atoms with E-state index in [9.17, 15) is 8.78 Å². The van der Waals surface area contributed by atoms with Gasteiger partial charge in [-0.3, -0.25) is 9.80 Å². The van der Waals surface area contributed by atoms with Gasteiger partial charge in [-0.1, -0.05) is 12.1 Å². The molecule has 1 aliphatic heterocycles. The first-order valence-corrected chi connectivity index (χ1v) is 9.69. The van der Waals surface area contributed by atoms with Crippen molar-refractivity contribution in [2.24, 2.45) is 5.41 Å². The maximum absolute atomic E-state index is 13.9. The summed E-state index contributed by atoms with van der Waals surface area (Å²) in [5.41, 5.74) is 0.882. The number of piperidine rings is 1. The van der Waals surface area contributed by atoms with Gasteiger partial charge in [0.05, 0.1) is 6.54 Å². The third kappa shape index (κ3) is 3.48. The summed E-state index contributed by atoms with van der Waals surface area (Å²) >= 11 is 1.71. The Balaban J connectivity index is 1.31. The molecule has 1 saturated carbocycles. The quantitative estimate of drug-likeness (QED) is 0.803. The summed E-state index contributed by atoms with van der Waals surface area (Å²) in [6.45, 7) is 3.33. The average molecular weight is 363 g/mol. The van der Waals surface area contributed by atoms with Crippen LogP contribution >= 0.6 is 11.3 Å². The van der Waals surface area contributed by atoms with Gasteiger partial charge in [-0.25, -0.2) is 13.8 Å². The molecule has 25 heavy (non-hydrogen) atoms. The number of halogens is 2. The van der Waals surface area contributed by atoms with Crippen molar-refractivity contribution in [2.75, 3.05) is 20.1 Å². The SMILES string of the molecule is CN(Cc1nccs1)[C@H]1CC12CCN(Cc1cccc(F)c1F)CC2. The van der Waals surface area contributed by atoms with E-state index in [-0.39, 0.29) is 0 Å². The van der Waals surface area contributed by atoms with Crippen molar-refractivity contribution in [2.45, 2.75) is 38.4 Å². The van der Waals surface area contributed by atoms with Crippen molar-refractivity contribution >= 4 is 11.3 Å². The van der Waals surface area contributed by atoms with Gasteiger partial charge in [0.15, 0.2) is 11.6 Å². The number of likely N-dealkylation sites (tertiary alicyclic amines) is 1. The molecule has 0 unspecified atom stereocenters. The Morgan fingerprint density at radius 3 is 2.84 bits per heavy atom. The van der Waals surface area contributed by atoms with Gasteiger partial charge < -0.3 is 0 Å². The predicted molar refractivity (Wildman–Crippen MR) is 95.3 cm³/mol. The van der Waals surface area contributed by atoms with E-state index in [1.807, 2.05) is 11.6 Å². The molecule has 3 nitrogen and oxygen atoms in total. The Labute approximate surface area is 151 Å². The highest BCUT2D eigenvalue weighted by Gasteiger charge is 2.56. The smallest absolute Gasteiger partial charge is 0.163 e. The standard InChI is InChI=1S/C19H23F2N3S/c1-23(13-17-22-7-10-25-17)16-11-19(16)5-8-24(9-6-19)12-14-3-2-4-15(20)18(14)21/h2-4,7,10,16H,5-6,8-9,11-13H2,1H3/t16-/m0/s1. The average Bonchev–Trinajstić information content (AvgIpc) is 3.05. The summed E-state index contributed by atoms with van der Waals surface area (Å²) < 4.78 is 27.2. The topological polar surface area (TPSA) is 19.4 Å². The summed E-state index contributed by atoms with van der Waals surface area (Å²) in [7, 11) is 2.19. The molecule has 1 aromatic carbocycles. The number of hydrogen-bond donors (Lipinski definition) is 0. The first kappa shape index (κ1) is 17.1. The van der Waals surface area contributed by atoms with Gasteiger partial charge in [-0.15, -0.1) is 11.3 Å². The zero-order chi connectivity index (χ0) is 17.4. The molecule has 1 saturated heterocycles. The Morgan fingerprint density at radius 2 is 2.12 bits per heavy atom. The van der Waals surface area contributed by atoms with Crippen molar-refractivity contribution in [1.29, 1.82) is 0 Å². The molecule has 4 rings (SSSR count). The number of aromatic nitrogens is 1. The van der Waals surface area contributed by atoms with Crippen LogP contribution in [-0.4, -0.2) is 41.0 Å². The summed E-state index contributed by atoms with van der Waals surface area (Å²) in [4.78, 5) is 9.06. The van der Waals surface area contributed by atoms with Crippen molar-refractivity contribution < 1.29 is 8.78 Å². The van der Waals surface area contributed by atoms with Crippen LogP contribution in [0.2, 0.25) is 0 Å². The fourth-order valence-corrected chi connectivity index (χ4v) is 4.89. The van der Waals surface area contributed by atoms with Crippen LogP contribution in [-0.2, 0) is 13.1 Å². The number of thiazole rings is 1. The molecule has 1 atom stereocenters. The Morgan fingerprint density at radius 1 is 1.32 bits per heavy atom. The lowest BCUT2D eigenvalue weighted by atomic mass is 9.92. The predicted octanol–water partition coefficient (Wildman–Crippen LogP) is 3.91. The molecule has 6 heteroatoms. The van der Waals surface area contributed by atoms with E-state index < -0.39 is 11.6 Å². The molecule has 0 N–H and O–H groups in total. The zero-order valence-corrected chi connectivity index (χ0v) is 15.2. The molecule has 1 spiro atoms. The maximum atomic E-state index is 13.9. The normalized spacial score (nSPS) is 22.6. The van der Waals surface area contributed by atoms with Crippen LogP contribution in [0.5, 0.6) is 0 Å². The van der Waals surface area contributed by atoms with E-state index in [1.165, 1.54) is 17.5 Å². The van der Waals surface area contributed by atoms with E-state index >= 15 is 0 Å². The molecule has 1 aliphatic carbocycles. The second-order valence-corrected chi connectivity index (χ2v) is 8.39. The second-order valence-electron chi connectivity index (χ2n) is 7.41. The lowest BCUT2D eigenvalue weighted by molar-refractivity contribution is 0.138. The molecular formula is C19H23F2N3S. The van der Waals surface area contributed by atoms with Crippen molar-refractivity contribution in [1.82, 2.24) is 14.8 Å². The van der Waals surface area contributed by atoms with E-state index in [2.05, 4.69) is 21.8 Å². The molecule has 0 radical (unpaired) electrons. The fraction of sp³-hybridized carbons (Fsp3) is 0.526. The molecule has 134 valence electrons. The Bertz CT molecular complexity index is 726. The Kier molecular flexibility index (Phi) is 4.60. The number of rotatable bonds is 5. The fourth-order valence-electron chi connectivity index (χ4n) is 4.21. The van der Waals surface area contributed by atoms with Gasteiger partial charge in [0, 0.05) is 29.7 Å². The maximum Gasteiger partial charge on any atom is 0.163 e. The van der Waals surface area contributed by atoms with Crippen LogP contribution in [0, 0.1) is 17.0 Å². The molecule has 2 aliphatic rings. The number of nitrogens with zero attached hydrogens (tertiary/aromatic N) is 3. The highest BCUT2D eigenvalue weighted by molar-refractivity contribution is 7.09. The summed E-state index contributed by atoms with van der Waals surface area (Å²) in [6.07, 6.45) is 5.38. The van der Waals surface area contributed by atoms with Gasteiger partial charge in [-0.05, 0) is 50.9 Å². The largest absolute Gasteiger partial charge is 0.299 e. The van der Waals surface area contributed by atoms with Gasteiger partial charge in [-0.2, -0.15) is 0 Å².